The van der Waals surface area contributed by atoms with Gasteiger partial charge in [0.2, 0.25) is 0 Å². The first kappa shape index (κ1) is 13.6. The molecule has 1 aromatic carbocycles. The Bertz CT molecular complexity index is 334. The fraction of sp³-hybridized carbons (Fsp3) is 0.455. The van der Waals surface area contributed by atoms with Crippen molar-refractivity contribution in [3.05, 3.63) is 28.2 Å². The summed E-state index contributed by atoms with van der Waals surface area (Å²) in [5, 5.41) is 0.885. The first-order valence-electron chi connectivity index (χ1n) is 5.07. The summed E-state index contributed by atoms with van der Waals surface area (Å²) in [5.41, 5.74) is 5.53. The molecule has 0 saturated carbocycles. The third-order valence-corrected chi connectivity index (χ3v) is 2.81. The van der Waals surface area contributed by atoms with E-state index in [4.69, 9.17) is 38.4 Å². The lowest BCUT2D eigenvalue weighted by atomic mass is 10.3. The van der Waals surface area contributed by atoms with Gasteiger partial charge >= 0.3 is 0 Å². The molecule has 0 aliphatic heterocycles. The van der Waals surface area contributed by atoms with Crippen molar-refractivity contribution in [2.24, 2.45) is 5.73 Å². The smallest absolute Gasteiger partial charge is 0.139 e. The van der Waals surface area contributed by atoms with Gasteiger partial charge in [0.1, 0.15) is 23.5 Å². The van der Waals surface area contributed by atoms with Crippen LogP contribution in [0.5, 0.6) is 5.75 Å². The summed E-state index contributed by atoms with van der Waals surface area (Å²) < 4.78 is 10.9. The first-order chi connectivity index (χ1) is 7.69. The van der Waals surface area contributed by atoms with Crippen molar-refractivity contribution in [3.8, 4) is 5.75 Å². The number of benzene rings is 1. The van der Waals surface area contributed by atoms with Gasteiger partial charge in [0.15, 0.2) is 0 Å². The van der Waals surface area contributed by atoms with E-state index < -0.39 is 0 Å². The van der Waals surface area contributed by atoms with Crippen molar-refractivity contribution in [1.29, 1.82) is 0 Å². The van der Waals surface area contributed by atoms with Gasteiger partial charge in [-0.3, -0.25) is 0 Å². The summed E-state index contributed by atoms with van der Waals surface area (Å²) in [6.45, 7) is 3.29. The molecule has 16 heavy (non-hydrogen) atoms. The van der Waals surface area contributed by atoms with Crippen LogP contribution < -0.4 is 10.5 Å². The monoisotopic (exact) mass is 263 g/mol. The second-order valence-electron chi connectivity index (χ2n) is 3.18. The fourth-order valence-corrected chi connectivity index (χ4v) is 1.54. The minimum atomic E-state index is -0.125. The largest absolute Gasteiger partial charge is 0.489 e. The summed E-state index contributed by atoms with van der Waals surface area (Å²) >= 11 is 11.8. The highest BCUT2D eigenvalue weighted by molar-refractivity contribution is 6.42. The molecule has 0 spiro atoms. The Hall–Kier alpha value is -0.480. The maximum Gasteiger partial charge on any atom is 0.139 e. The molecule has 0 heterocycles. The highest BCUT2D eigenvalue weighted by Gasteiger charge is 2.10. The number of hydrogen-bond acceptors (Lipinski definition) is 3. The average molecular weight is 264 g/mol. The molecule has 0 fully saturated rings. The average Bonchev–Trinajstić information content (AvgIpc) is 2.29. The highest BCUT2D eigenvalue weighted by Crippen LogP contribution is 2.31. The molecule has 0 saturated heterocycles. The molecule has 0 aromatic heterocycles. The lowest BCUT2D eigenvalue weighted by Crippen LogP contribution is -2.30. The molecule has 0 radical (unpaired) electrons. The van der Waals surface area contributed by atoms with Gasteiger partial charge in [-0.2, -0.15) is 0 Å². The Morgan fingerprint density at radius 2 is 2.12 bits per heavy atom. The Balaban J connectivity index is 2.56. The van der Waals surface area contributed by atoms with Crippen molar-refractivity contribution >= 4 is 23.2 Å². The number of nitrogens with two attached hydrogens (primary N) is 1. The maximum atomic E-state index is 5.97. The Morgan fingerprint density at radius 3 is 2.75 bits per heavy atom. The van der Waals surface area contributed by atoms with E-state index in [-0.39, 0.29) is 6.10 Å². The van der Waals surface area contributed by atoms with Gasteiger partial charge in [0.25, 0.3) is 0 Å². The first-order valence-corrected chi connectivity index (χ1v) is 5.83. The fourth-order valence-electron chi connectivity index (χ4n) is 1.20. The van der Waals surface area contributed by atoms with Crippen LogP contribution >= 0.6 is 23.2 Å². The number of ether oxygens (including phenoxy) is 2. The molecule has 90 valence electrons. The van der Waals surface area contributed by atoms with Crippen molar-refractivity contribution in [1.82, 2.24) is 0 Å². The lowest BCUT2D eigenvalue weighted by Gasteiger charge is -2.16. The van der Waals surface area contributed by atoms with Gasteiger partial charge in [-0.05, 0) is 19.1 Å². The Labute approximate surface area is 105 Å². The molecular weight excluding hydrogens is 249 g/mol. The molecular formula is C11H15Cl2NO2. The predicted molar refractivity (Wildman–Crippen MR) is 66.4 cm³/mol. The van der Waals surface area contributed by atoms with Crippen molar-refractivity contribution in [2.45, 2.75) is 13.0 Å². The van der Waals surface area contributed by atoms with Gasteiger partial charge in [0.05, 0.1) is 5.02 Å². The van der Waals surface area contributed by atoms with Gasteiger partial charge in [-0.25, -0.2) is 0 Å². The highest BCUT2D eigenvalue weighted by atomic mass is 35.5. The molecule has 0 amide bonds. The Kier molecular flexibility index (Phi) is 5.91. The molecule has 2 N–H and O–H groups in total. The third-order valence-electron chi connectivity index (χ3n) is 2.01. The van der Waals surface area contributed by atoms with Crippen molar-refractivity contribution in [2.75, 3.05) is 19.8 Å². The second kappa shape index (κ2) is 6.97. The summed E-state index contributed by atoms with van der Waals surface area (Å²) in [7, 11) is 0. The van der Waals surface area contributed by atoms with Crippen LogP contribution in [0.2, 0.25) is 10.0 Å². The van der Waals surface area contributed by atoms with E-state index >= 15 is 0 Å². The van der Waals surface area contributed by atoms with E-state index in [1.807, 2.05) is 6.92 Å². The van der Waals surface area contributed by atoms with E-state index in [0.29, 0.717) is 35.6 Å². The summed E-state index contributed by atoms with van der Waals surface area (Å²) in [5.74, 6) is 0.548. The summed E-state index contributed by atoms with van der Waals surface area (Å²) in [6, 6.07) is 5.25. The lowest BCUT2D eigenvalue weighted by molar-refractivity contribution is 0.0337. The van der Waals surface area contributed by atoms with Crippen molar-refractivity contribution in [3.63, 3.8) is 0 Å². The van der Waals surface area contributed by atoms with Crippen LogP contribution in [-0.4, -0.2) is 25.9 Å². The van der Waals surface area contributed by atoms with Gasteiger partial charge in [-0.15, -0.1) is 0 Å². The van der Waals surface area contributed by atoms with Crippen LogP contribution in [0.15, 0.2) is 18.2 Å². The number of hydrogen-bond donors (Lipinski definition) is 1. The van der Waals surface area contributed by atoms with Gasteiger partial charge in [-0.1, -0.05) is 29.3 Å². The quantitative estimate of drug-likeness (QED) is 0.859. The minimum absolute atomic E-state index is 0.125. The zero-order valence-corrected chi connectivity index (χ0v) is 10.6. The molecule has 0 bridgehead atoms. The van der Waals surface area contributed by atoms with Gasteiger partial charge < -0.3 is 15.2 Å². The van der Waals surface area contributed by atoms with E-state index in [2.05, 4.69) is 0 Å². The molecule has 5 heteroatoms. The third kappa shape index (κ3) is 3.83. The zero-order chi connectivity index (χ0) is 12.0. The van der Waals surface area contributed by atoms with E-state index in [0.717, 1.165) is 0 Å². The number of rotatable bonds is 6. The zero-order valence-electron chi connectivity index (χ0n) is 9.08. The van der Waals surface area contributed by atoms with Crippen LogP contribution in [0, 0.1) is 0 Å². The molecule has 1 aromatic rings. The summed E-state index contributed by atoms with van der Waals surface area (Å²) in [6.07, 6.45) is -0.125. The van der Waals surface area contributed by atoms with E-state index in [1.165, 1.54) is 0 Å². The van der Waals surface area contributed by atoms with E-state index in [1.54, 1.807) is 18.2 Å². The van der Waals surface area contributed by atoms with Crippen LogP contribution in [0.4, 0.5) is 0 Å². The second-order valence-corrected chi connectivity index (χ2v) is 3.96. The molecule has 1 unspecified atom stereocenters. The minimum Gasteiger partial charge on any atom is -0.489 e. The molecule has 3 nitrogen and oxygen atoms in total. The SMILES string of the molecule is CCOC(CN)COc1cccc(Cl)c1Cl. The normalized spacial score (nSPS) is 12.5. The molecule has 0 aliphatic rings. The molecule has 1 atom stereocenters. The van der Waals surface area contributed by atoms with Crippen LogP contribution in [0.3, 0.4) is 0 Å². The van der Waals surface area contributed by atoms with Crippen LogP contribution in [0.25, 0.3) is 0 Å². The molecule has 1 rings (SSSR count). The molecule has 0 aliphatic carbocycles. The Morgan fingerprint density at radius 1 is 1.38 bits per heavy atom. The predicted octanol–water partition coefficient (Wildman–Crippen LogP) is 2.74. The van der Waals surface area contributed by atoms with Crippen LogP contribution in [0.1, 0.15) is 6.92 Å². The maximum absolute atomic E-state index is 5.97. The standard InChI is InChI=1S/C11H15Cl2NO2/c1-2-15-8(6-14)7-16-10-5-3-4-9(12)11(10)13/h3-5,8H,2,6-7,14H2,1H3. The number of halogens is 2. The summed E-state index contributed by atoms with van der Waals surface area (Å²) in [4.78, 5) is 0. The van der Waals surface area contributed by atoms with Crippen LogP contribution in [-0.2, 0) is 4.74 Å². The van der Waals surface area contributed by atoms with E-state index in [9.17, 15) is 0 Å². The topological polar surface area (TPSA) is 44.5 Å². The van der Waals surface area contributed by atoms with Gasteiger partial charge in [0, 0.05) is 13.2 Å². The van der Waals surface area contributed by atoms with Crippen molar-refractivity contribution < 1.29 is 9.47 Å².